The van der Waals surface area contributed by atoms with Crippen molar-refractivity contribution < 1.29 is 24.1 Å². The van der Waals surface area contributed by atoms with E-state index in [4.69, 9.17) is 4.74 Å². The highest BCUT2D eigenvalue weighted by molar-refractivity contribution is 5.93. The van der Waals surface area contributed by atoms with Crippen molar-refractivity contribution in [1.29, 1.82) is 5.26 Å². The third-order valence-corrected chi connectivity index (χ3v) is 7.20. The van der Waals surface area contributed by atoms with Gasteiger partial charge in [0.05, 0.1) is 41.0 Å². The number of halogens is 1. The van der Waals surface area contributed by atoms with Crippen LogP contribution in [0.25, 0.3) is 22.3 Å². The van der Waals surface area contributed by atoms with Crippen LogP contribution in [-0.2, 0) is 41.1 Å². The summed E-state index contributed by atoms with van der Waals surface area (Å²) in [5.74, 6) is -2.55. The molecule has 0 spiro atoms. The highest BCUT2D eigenvalue weighted by atomic mass is 19.1. The number of nitriles is 1. The monoisotopic (exact) mass is 447 g/mol. The number of aromatic nitrogens is 2. The molecule has 0 saturated carbocycles. The summed E-state index contributed by atoms with van der Waals surface area (Å²) in [7, 11) is 0. The van der Waals surface area contributed by atoms with Crippen LogP contribution >= 0.6 is 0 Å². The molecule has 2 aromatic heterocycles. The first kappa shape index (κ1) is 19.9. The Morgan fingerprint density at radius 3 is 2.76 bits per heavy atom. The van der Waals surface area contributed by atoms with Crippen LogP contribution in [0, 0.1) is 23.1 Å². The first-order valence-corrected chi connectivity index (χ1v) is 10.7. The van der Waals surface area contributed by atoms with Crippen molar-refractivity contribution in [3.63, 3.8) is 0 Å². The number of cyclic esters (lactones) is 1. The Bertz CT molecular complexity index is 1540. The second-order valence-corrected chi connectivity index (χ2v) is 8.83. The number of phenols is 1. The molecule has 3 aromatic rings. The summed E-state index contributed by atoms with van der Waals surface area (Å²) in [5.41, 5.74) is 1.13. The molecule has 0 fully saturated rings. The average Bonchev–Trinajstić information content (AvgIpc) is 3.19. The molecule has 8 nitrogen and oxygen atoms in total. The maximum Gasteiger partial charge on any atom is 0.343 e. The van der Waals surface area contributed by atoms with E-state index in [1.165, 1.54) is 4.57 Å². The van der Waals surface area contributed by atoms with Crippen LogP contribution in [-0.4, -0.2) is 25.7 Å². The summed E-state index contributed by atoms with van der Waals surface area (Å²) in [6.07, 6.45) is 0.635. The molecule has 166 valence electrons. The highest BCUT2D eigenvalue weighted by Gasteiger charge is 2.45. The Morgan fingerprint density at radius 2 is 2.03 bits per heavy atom. The van der Waals surface area contributed by atoms with Crippen LogP contribution in [0.5, 0.6) is 5.75 Å². The number of ether oxygens (including phenoxy) is 1. The molecule has 9 heteroatoms. The fourth-order valence-corrected chi connectivity index (χ4v) is 5.46. The summed E-state index contributed by atoms with van der Waals surface area (Å²) in [4.78, 5) is 30.3. The van der Waals surface area contributed by atoms with Gasteiger partial charge in [0.2, 0.25) is 0 Å². The van der Waals surface area contributed by atoms with E-state index in [-0.39, 0.29) is 37.1 Å². The Balaban J connectivity index is 1.68. The minimum atomic E-state index is -1.94. The number of nitrogens with zero attached hydrogens (tertiary/aromatic N) is 3. The number of hydrogen-bond acceptors (Lipinski definition) is 7. The lowest BCUT2D eigenvalue weighted by Gasteiger charge is -2.31. The van der Waals surface area contributed by atoms with Gasteiger partial charge in [-0.05, 0) is 30.9 Å². The minimum absolute atomic E-state index is 0.0304. The van der Waals surface area contributed by atoms with Gasteiger partial charge < -0.3 is 19.5 Å². The second-order valence-electron chi connectivity index (χ2n) is 8.83. The van der Waals surface area contributed by atoms with Gasteiger partial charge in [0.1, 0.15) is 6.61 Å². The number of pyridine rings is 2. The molecule has 2 atom stereocenters. The number of aliphatic hydroxyl groups is 1. The van der Waals surface area contributed by atoms with E-state index in [9.17, 15) is 29.5 Å². The first-order chi connectivity index (χ1) is 15.8. The molecule has 2 aliphatic heterocycles. The fraction of sp³-hybridized carbons (Fsp3) is 0.333. The molecule has 0 radical (unpaired) electrons. The van der Waals surface area contributed by atoms with Gasteiger partial charge in [-0.1, -0.05) is 6.92 Å². The summed E-state index contributed by atoms with van der Waals surface area (Å²) in [6, 6.07) is 4.97. The van der Waals surface area contributed by atoms with Crippen molar-refractivity contribution in [3.8, 4) is 23.2 Å². The quantitative estimate of drug-likeness (QED) is 0.428. The van der Waals surface area contributed by atoms with Crippen molar-refractivity contribution >= 4 is 16.9 Å². The Kier molecular flexibility index (Phi) is 3.85. The van der Waals surface area contributed by atoms with E-state index >= 15 is 0 Å². The van der Waals surface area contributed by atoms with Crippen LogP contribution in [0.2, 0.25) is 0 Å². The van der Waals surface area contributed by atoms with Crippen molar-refractivity contribution in [2.24, 2.45) is 5.92 Å². The lowest BCUT2D eigenvalue weighted by molar-refractivity contribution is -0.172. The van der Waals surface area contributed by atoms with Crippen LogP contribution in [0.15, 0.2) is 16.9 Å². The number of esters is 1. The zero-order chi connectivity index (χ0) is 23.2. The van der Waals surface area contributed by atoms with Crippen molar-refractivity contribution in [2.75, 3.05) is 0 Å². The van der Waals surface area contributed by atoms with Gasteiger partial charge in [-0.2, -0.15) is 5.26 Å². The second kappa shape index (κ2) is 6.39. The van der Waals surface area contributed by atoms with Crippen molar-refractivity contribution in [2.45, 2.75) is 44.9 Å². The van der Waals surface area contributed by atoms with Gasteiger partial charge in [0.25, 0.3) is 5.56 Å². The Morgan fingerprint density at radius 1 is 1.27 bits per heavy atom. The van der Waals surface area contributed by atoms with Gasteiger partial charge in [0, 0.05) is 28.1 Å². The summed E-state index contributed by atoms with van der Waals surface area (Å²) >= 11 is 0. The predicted molar refractivity (Wildman–Crippen MR) is 113 cm³/mol. The molecule has 2 N–H and O–H groups in total. The summed E-state index contributed by atoms with van der Waals surface area (Å²) in [6.45, 7) is 1.58. The third-order valence-electron chi connectivity index (χ3n) is 7.20. The summed E-state index contributed by atoms with van der Waals surface area (Å²) in [5, 5.41) is 31.5. The van der Waals surface area contributed by atoms with E-state index in [2.05, 4.69) is 11.1 Å². The van der Waals surface area contributed by atoms with E-state index < -0.39 is 34.6 Å². The normalized spacial score (nSPS) is 22.4. The maximum atomic E-state index is 14.5. The SMILES string of the molecule is CC[C@@]1(O)C(=O)OCc2c1cc1n(c2=O)Cc2c-1nc1cc(F)c(O)c3c1c2CC(C#N)C3. The van der Waals surface area contributed by atoms with E-state index in [1.54, 1.807) is 13.0 Å². The number of hydrogen-bond donors (Lipinski definition) is 2. The van der Waals surface area contributed by atoms with Gasteiger partial charge in [0.15, 0.2) is 17.2 Å². The molecule has 0 amide bonds. The Labute approximate surface area is 186 Å². The van der Waals surface area contributed by atoms with E-state index in [0.29, 0.717) is 34.3 Å². The average molecular weight is 447 g/mol. The number of rotatable bonds is 1. The molecule has 0 bridgehead atoms. The molecule has 4 heterocycles. The van der Waals surface area contributed by atoms with Gasteiger partial charge >= 0.3 is 5.97 Å². The molecule has 1 aliphatic carbocycles. The molecule has 33 heavy (non-hydrogen) atoms. The standard InChI is InChI=1S/C24H18FN3O5/c1-2-24(32)15-5-18-20-13(8-28(18)22(30)14(15)9-33-23(24)31)11-3-10(7-26)4-12-19(11)17(27-20)6-16(25)21(12)29/h5-6,10,29,32H,2-4,8-9H2,1H3/t10?,24-/m0/s1. The molecular weight excluding hydrogens is 429 g/mol. The van der Waals surface area contributed by atoms with Crippen molar-refractivity contribution in [3.05, 3.63) is 56.1 Å². The lowest BCUT2D eigenvalue weighted by atomic mass is 9.81. The number of benzene rings is 1. The first-order valence-electron chi connectivity index (χ1n) is 10.7. The van der Waals surface area contributed by atoms with E-state index in [0.717, 1.165) is 17.2 Å². The highest BCUT2D eigenvalue weighted by Crippen LogP contribution is 2.45. The number of phenolic OH excluding ortho intramolecular Hbond substituents is 1. The van der Waals surface area contributed by atoms with E-state index in [1.807, 2.05) is 0 Å². The van der Waals surface area contributed by atoms with Gasteiger partial charge in [-0.3, -0.25) is 4.79 Å². The number of carbonyl (C=O) groups excluding carboxylic acids is 1. The van der Waals surface area contributed by atoms with Crippen LogP contribution in [0.1, 0.15) is 41.2 Å². The lowest BCUT2D eigenvalue weighted by Crippen LogP contribution is -2.44. The third kappa shape index (κ3) is 2.39. The zero-order valence-corrected chi connectivity index (χ0v) is 17.6. The maximum absolute atomic E-state index is 14.5. The number of aromatic hydroxyl groups is 1. The molecule has 1 unspecified atom stereocenters. The largest absolute Gasteiger partial charge is 0.505 e. The van der Waals surface area contributed by atoms with Crippen molar-refractivity contribution in [1.82, 2.24) is 9.55 Å². The molecular formula is C24H18FN3O5. The number of fused-ring (bicyclic) bond motifs is 5. The van der Waals surface area contributed by atoms with Gasteiger partial charge in [-0.15, -0.1) is 0 Å². The van der Waals surface area contributed by atoms with Gasteiger partial charge in [-0.25, -0.2) is 14.2 Å². The topological polar surface area (TPSA) is 125 Å². The van der Waals surface area contributed by atoms with Crippen LogP contribution in [0.4, 0.5) is 4.39 Å². The zero-order valence-electron chi connectivity index (χ0n) is 17.6. The van der Waals surface area contributed by atoms with Crippen LogP contribution < -0.4 is 5.56 Å². The molecule has 0 saturated heterocycles. The molecule has 6 rings (SSSR count). The fourth-order valence-electron chi connectivity index (χ4n) is 5.46. The molecule has 1 aromatic carbocycles. The molecule has 3 aliphatic rings. The smallest absolute Gasteiger partial charge is 0.343 e. The minimum Gasteiger partial charge on any atom is -0.505 e. The van der Waals surface area contributed by atoms with Crippen LogP contribution in [0.3, 0.4) is 0 Å². The number of carbonyl (C=O) groups is 1. The Hall–Kier alpha value is -3.77. The summed E-state index contributed by atoms with van der Waals surface area (Å²) < 4.78 is 21.1. The predicted octanol–water partition coefficient (Wildman–Crippen LogP) is 2.16.